The van der Waals surface area contributed by atoms with Crippen molar-refractivity contribution in [3.63, 3.8) is 0 Å². The van der Waals surface area contributed by atoms with Gasteiger partial charge in [-0.25, -0.2) is 4.79 Å². The zero-order chi connectivity index (χ0) is 28.1. The van der Waals surface area contributed by atoms with Crippen LogP contribution >= 0.6 is 0 Å². The molecule has 3 aliphatic rings. The van der Waals surface area contributed by atoms with Crippen LogP contribution in [0.5, 0.6) is 11.5 Å². The Morgan fingerprint density at radius 1 is 1.15 bits per heavy atom. The summed E-state index contributed by atoms with van der Waals surface area (Å²) in [7, 11) is 1.64. The predicted octanol–water partition coefficient (Wildman–Crippen LogP) is 3.87. The van der Waals surface area contributed by atoms with Crippen LogP contribution in [0.25, 0.3) is 0 Å². The van der Waals surface area contributed by atoms with E-state index in [2.05, 4.69) is 5.32 Å². The molecular formula is C30H37N3O7. The maximum atomic E-state index is 14.3. The Morgan fingerprint density at radius 3 is 2.77 bits per heavy atom. The smallest absolute Gasteiger partial charge is 0.482 e. The Bertz CT molecular complexity index is 1230. The number of amides is 2. The molecule has 1 saturated heterocycles. The summed E-state index contributed by atoms with van der Waals surface area (Å²) in [6.07, 6.45) is 2.60. The van der Waals surface area contributed by atoms with Crippen LogP contribution in [0.2, 0.25) is 0 Å². The molecule has 1 aliphatic carbocycles. The summed E-state index contributed by atoms with van der Waals surface area (Å²) in [5.41, 5.74) is 2.40. The van der Waals surface area contributed by atoms with Crippen LogP contribution in [-0.2, 0) is 19.1 Å². The van der Waals surface area contributed by atoms with Gasteiger partial charge in [0.2, 0.25) is 5.91 Å². The molecule has 5 rings (SSSR count). The van der Waals surface area contributed by atoms with Gasteiger partial charge in [-0.05, 0) is 81.0 Å². The zero-order valence-corrected chi connectivity index (χ0v) is 23.1. The number of benzene rings is 2. The van der Waals surface area contributed by atoms with Gasteiger partial charge in [0.1, 0.15) is 11.5 Å². The standard InChI is InChI=1S/C30H37N3O7/c1-3-38-30(36)40-23-7-4-6-20(16-23)24-12-13-31-18-25(24)29(35)33(21-8-9-21)22-10-11-27-26(17-22)32(14-5-15-37-2)28(34)19-39-27/h4,6-7,10-11,16-17,21,24-25,31H,3,5,8-9,12-15,18-19H2,1-2H3/t24-,25+/m1/s1. The molecule has 214 valence electrons. The topological polar surface area (TPSA) is 107 Å². The number of nitrogens with one attached hydrogen (secondary N) is 1. The molecule has 2 aliphatic heterocycles. The van der Waals surface area contributed by atoms with Crippen LogP contribution in [-0.4, -0.2) is 70.6 Å². The maximum absolute atomic E-state index is 14.3. The van der Waals surface area contributed by atoms with Crippen LogP contribution in [0.15, 0.2) is 42.5 Å². The van der Waals surface area contributed by atoms with Gasteiger partial charge in [-0.1, -0.05) is 12.1 Å². The summed E-state index contributed by atoms with van der Waals surface area (Å²) < 4.78 is 21.1. The summed E-state index contributed by atoms with van der Waals surface area (Å²) in [5.74, 6) is 0.622. The number of hydrogen-bond donors (Lipinski definition) is 1. The van der Waals surface area contributed by atoms with Crippen LogP contribution in [0.3, 0.4) is 0 Å². The molecule has 2 fully saturated rings. The number of piperidine rings is 1. The molecule has 2 atom stereocenters. The Kier molecular flexibility index (Phi) is 8.86. The monoisotopic (exact) mass is 551 g/mol. The Balaban J connectivity index is 1.41. The number of ether oxygens (including phenoxy) is 4. The lowest BCUT2D eigenvalue weighted by Crippen LogP contribution is -2.47. The van der Waals surface area contributed by atoms with Crippen LogP contribution in [0.4, 0.5) is 16.2 Å². The van der Waals surface area contributed by atoms with Crippen molar-refractivity contribution < 1.29 is 33.3 Å². The van der Waals surface area contributed by atoms with Crippen molar-refractivity contribution in [1.29, 1.82) is 0 Å². The van der Waals surface area contributed by atoms with Crippen molar-refractivity contribution in [1.82, 2.24) is 5.32 Å². The summed E-state index contributed by atoms with van der Waals surface area (Å²) in [6.45, 7) is 4.35. The molecule has 0 spiro atoms. The fourth-order valence-corrected chi connectivity index (χ4v) is 5.55. The molecule has 2 heterocycles. The first-order valence-electron chi connectivity index (χ1n) is 14.0. The number of carbonyl (C=O) groups excluding carboxylic acids is 3. The van der Waals surface area contributed by atoms with Gasteiger partial charge in [0.25, 0.3) is 5.91 Å². The second-order valence-electron chi connectivity index (χ2n) is 10.3. The molecule has 2 aromatic rings. The number of anilines is 2. The summed E-state index contributed by atoms with van der Waals surface area (Å²) in [6, 6.07) is 13.2. The molecule has 10 heteroatoms. The largest absolute Gasteiger partial charge is 0.513 e. The fourth-order valence-electron chi connectivity index (χ4n) is 5.55. The minimum absolute atomic E-state index is 0.00103. The van der Waals surface area contributed by atoms with Gasteiger partial charge in [0, 0.05) is 38.5 Å². The van der Waals surface area contributed by atoms with E-state index in [0.717, 1.165) is 37.1 Å². The van der Waals surface area contributed by atoms with Gasteiger partial charge in [-0.2, -0.15) is 0 Å². The maximum Gasteiger partial charge on any atom is 0.513 e. The van der Waals surface area contributed by atoms with E-state index in [9.17, 15) is 14.4 Å². The third-order valence-corrected chi connectivity index (χ3v) is 7.59. The Morgan fingerprint density at radius 2 is 2.00 bits per heavy atom. The van der Waals surface area contributed by atoms with Crippen molar-refractivity contribution in [3.05, 3.63) is 48.0 Å². The van der Waals surface area contributed by atoms with Crippen LogP contribution in [0.1, 0.15) is 44.1 Å². The van der Waals surface area contributed by atoms with Crippen LogP contribution < -0.4 is 24.6 Å². The first-order chi connectivity index (χ1) is 19.5. The molecular weight excluding hydrogens is 514 g/mol. The van der Waals surface area contributed by atoms with Crippen molar-refractivity contribution in [2.45, 2.75) is 44.6 Å². The highest BCUT2D eigenvalue weighted by Gasteiger charge is 2.41. The number of rotatable bonds is 10. The first-order valence-corrected chi connectivity index (χ1v) is 14.0. The second kappa shape index (κ2) is 12.7. The SMILES string of the molecule is CCOC(=O)Oc1cccc([C@H]2CCNC[C@@H]2C(=O)N(c2ccc3c(c2)N(CCCOC)C(=O)CO3)C2CC2)c1. The lowest BCUT2D eigenvalue weighted by Gasteiger charge is -2.36. The van der Waals surface area contributed by atoms with Crippen LogP contribution in [0, 0.1) is 5.92 Å². The molecule has 0 aromatic heterocycles. The molecule has 40 heavy (non-hydrogen) atoms. The average Bonchev–Trinajstić information content (AvgIpc) is 3.80. The van der Waals surface area contributed by atoms with E-state index in [-0.39, 0.29) is 42.9 Å². The highest BCUT2D eigenvalue weighted by molar-refractivity contribution is 6.01. The van der Waals surface area contributed by atoms with E-state index in [1.54, 1.807) is 25.0 Å². The highest BCUT2D eigenvalue weighted by Crippen LogP contribution is 2.42. The molecule has 0 unspecified atom stereocenters. The minimum Gasteiger partial charge on any atom is -0.482 e. The normalized spacial score (nSPS) is 20.4. The molecule has 10 nitrogen and oxygen atoms in total. The number of carbonyl (C=O) groups is 3. The summed E-state index contributed by atoms with van der Waals surface area (Å²) in [4.78, 5) is 42.5. The zero-order valence-electron chi connectivity index (χ0n) is 23.1. The van der Waals surface area contributed by atoms with E-state index in [0.29, 0.717) is 43.3 Å². The number of nitrogens with zero attached hydrogens (tertiary/aromatic N) is 2. The van der Waals surface area contributed by atoms with Gasteiger partial charge in [-0.15, -0.1) is 0 Å². The summed E-state index contributed by atoms with van der Waals surface area (Å²) in [5, 5.41) is 3.40. The summed E-state index contributed by atoms with van der Waals surface area (Å²) >= 11 is 0. The van der Waals surface area contributed by atoms with E-state index < -0.39 is 6.16 Å². The molecule has 1 saturated carbocycles. The highest BCUT2D eigenvalue weighted by atomic mass is 16.7. The fraction of sp³-hybridized carbons (Fsp3) is 0.500. The quantitative estimate of drug-likeness (QED) is 0.270. The van der Waals surface area contributed by atoms with Crippen molar-refractivity contribution >= 4 is 29.3 Å². The van der Waals surface area contributed by atoms with Crippen molar-refractivity contribution in [2.24, 2.45) is 5.92 Å². The average molecular weight is 552 g/mol. The molecule has 0 bridgehead atoms. The number of hydrogen-bond acceptors (Lipinski definition) is 8. The molecule has 0 radical (unpaired) electrons. The van der Waals surface area contributed by atoms with Gasteiger partial charge >= 0.3 is 6.16 Å². The van der Waals surface area contributed by atoms with Gasteiger partial charge in [0.05, 0.1) is 18.2 Å². The van der Waals surface area contributed by atoms with E-state index in [4.69, 9.17) is 18.9 Å². The molecule has 2 aromatic carbocycles. The second-order valence-corrected chi connectivity index (χ2v) is 10.3. The van der Waals surface area contributed by atoms with Gasteiger partial charge in [-0.3, -0.25) is 9.59 Å². The third-order valence-electron chi connectivity index (χ3n) is 7.59. The van der Waals surface area contributed by atoms with E-state index in [1.807, 2.05) is 41.3 Å². The molecule has 1 N–H and O–H groups in total. The Hall–Kier alpha value is -3.63. The van der Waals surface area contributed by atoms with E-state index >= 15 is 0 Å². The lowest BCUT2D eigenvalue weighted by molar-refractivity contribution is -0.123. The van der Waals surface area contributed by atoms with Gasteiger partial charge < -0.3 is 34.1 Å². The van der Waals surface area contributed by atoms with Crippen molar-refractivity contribution in [2.75, 3.05) is 56.4 Å². The molecule has 2 amide bonds. The number of fused-ring (bicyclic) bond motifs is 1. The predicted molar refractivity (Wildman–Crippen MR) is 149 cm³/mol. The lowest BCUT2D eigenvalue weighted by atomic mass is 9.80. The number of methoxy groups -OCH3 is 1. The minimum atomic E-state index is -0.747. The first kappa shape index (κ1) is 27.9. The van der Waals surface area contributed by atoms with E-state index in [1.165, 1.54) is 0 Å². The third kappa shape index (κ3) is 6.23. The van der Waals surface area contributed by atoms with Crippen molar-refractivity contribution in [3.8, 4) is 11.5 Å². The van der Waals surface area contributed by atoms with Gasteiger partial charge in [0.15, 0.2) is 6.61 Å². The Labute approximate surface area is 234 Å².